The zero-order valence-corrected chi connectivity index (χ0v) is 18.3. The standard InChI is InChI=1S/C21H21N5OS2/c1-13-5-7-16(8-6-13)19-23-24-21(25(19)4)29-12-18(27)17-11-14(2)26(15(17)3)20-22-9-10-28-20/h5-11H,12H2,1-4H3. The van der Waals surface area contributed by atoms with Gasteiger partial charge in [0.2, 0.25) is 0 Å². The average Bonchev–Trinajstić information content (AvgIpc) is 3.41. The van der Waals surface area contributed by atoms with E-state index in [0.717, 1.165) is 38.6 Å². The molecule has 0 atom stereocenters. The van der Waals surface area contributed by atoms with Crippen LogP contribution in [0.2, 0.25) is 0 Å². The largest absolute Gasteiger partial charge is 0.305 e. The Morgan fingerprint density at radius 2 is 1.90 bits per heavy atom. The van der Waals surface area contributed by atoms with Crippen LogP contribution in [0.1, 0.15) is 27.3 Å². The Kier molecular flexibility index (Phi) is 5.38. The number of aromatic nitrogens is 5. The second-order valence-electron chi connectivity index (χ2n) is 6.88. The first-order valence-electron chi connectivity index (χ1n) is 9.17. The van der Waals surface area contributed by atoms with E-state index in [1.54, 1.807) is 17.5 Å². The maximum absolute atomic E-state index is 12.9. The summed E-state index contributed by atoms with van der Waals surface area (Å²) in [7, 11) is 1.93. The molecular formula is C21H21N5OS2. The van der Waals surface area contributed by atoms with Crippen LogP contribution in [0.15, 0.2) is 47.1 Å². The summed E-state index contributed by atoms with van der Waals surface area (Å²) >= 11 is 2.96. The van der Waals surface area contributed by atoms with Crippen molar-refractivity contribution in [1.82, 2.24) is 24.3 Å². The number of benzene rings is 1. The van der Waals surface area contributed by atoms with Crippen LogP contribution in [0.25, 0.3) is 16.5 Å². The zero-order chi connectivity index (χ0) is 20.5. The van der Waals surface area contributed by atoms with E-state index in [9.17, 15) is 4.79 Å². The van der Waals surface area contributed by atoms with Gasteiger partial charge < -0.3 is 4.57 Å². The van der Waals surface area contributed by atoms with Gasteiger partial charge in [-0.05, 0) is 26.8 Å². The molecule has 0 bridgehead atoms. The Morgan fingerprint density at radius 1 is 1.14 bits per heavy atom. The lowest BCUT2D eigenvalue weighted by Gasteiger charge is -2.06. The van der Waals surface area contributed by atoms with Crippen LogP contribution >= 0.6 is 23.1 Å². The second kappa shape index (κ2) is 7.96. The highest BCUT2D eigenvalue weighted by atomic mass is 32.2. The molecule has 0 aliphatic rings. The highest BCUT2D eigenvalue weighted by Gasteiger charge is 2.19. The number of carbonyl (C=O) groups excluding carboxylic acids is 1. The third-order valence-corrected chi connectivity index (χ3v) is 6.60. The van der Waals surface area contributed by atoms with E-state index in [1.807, 2.05) is 53.6 Å². The van der Waals surface area contributed by atoms with E-state index < -0.39 is 0 Å². The van der Waals surface area contributed by atoms with E-state index in [0.29, 0.717) is 5.75 Å². The molecule has 0 spiro atoms. The van der Waals surface area contributed by atoms with Crippen molar-refractivity contribution in [2.45, 2.75) is 25.9 Å². The van der Waals surface area contributed by atoms with E-state index in [4.69, 9.17) is 0 Å². The van der Waals surface area contributed by atoms with Crippen molar-refractivity contribution in [1.29, 1.82) is 0 Å². The molecule has 1 aromatic carbocycles. The lowest BCUT2D eigenvalue weighted by molar-refractivity contribution is 0.102. The summed E-state index contributed by atoms with van der Waals surface area (Å²) in [6.07, 6.45) is 1.77. The quantitative estimate of drug-likeness (QED) is 0.334. The highest BCUT2D eigenvalue weighted by molar-refractivity contribution is 7.99. The van der Waals surface area contributed by atoms with E-state index in [1.165, 1.54) is 17.3 Å². The van der Waals surface area contributed by atoms with Crippen LogP contribution in [0.5, 0.6) is 0 Å². The van der Waals surface area contributed by atoms with Gasteiger partial charge in [-0.15, -0.1) is 21.5 Å². The number of nitrogens with zero attached hydrogens (tertiary/aromatic N) is 5. The zero-order valence-electron chi connectivity index (χ0n) is 16.7. The number of ketones is 1. The molecule has 0 saturated heterocycles. The van der Waals surface area contributed by atoms with Gasteiger partial charge >= 0.3 is 0 Å². The summed E-state index contributed by atoms with van der Waals surface area (Å²) in [6.45, 7) is 6.01. The highest BCUT2D eigenvalue weighted by Crippen LogP contribution is 2.26. The first kappa shape index (κ1) is 19.6. The molecule has 4 rings (SSSR count). The van der Waals surface area contributed by atoms with Crippen LogP contribution < -0.4 is 0 Å². The van der Waals surface area contributed by atoms with Crippen LogP contribution in [-0.2, 0) is 7.05 Å². The minimum Gasteiger partial charge on any atom is -0.305 e. The Morgan fingerprint density at radius 3 is 2.59 bits per heavy atom. The molecular weight excluding hydrogens is 402 g/mol. The maximum Gasteiger partial charge on any atom is 0.193 e. The van der Waals surface area contributed by atoms with Gasteiger partial charge in [0.1, 0.15) is 0 Å². The molecule has 0 aliphatic carbocycles. The van der Waals surface area contributed by atoms with Crippen LogP contribution in [0.4, 0.5) is 0 Å². The molecule has 0 radical (unpaired) electrons. The van der Waals surface area contributed by atoms with E-state index in [-0.39, 0.29) is 5.78 Å². The molecule has 0 fully saturated rings. The fourth-order valence-electron chi connectivity index (χ4n) is 3.27. The summed E-state index contributed by atoms with van der Waals surface area (Å²) in [6, 6.07) is 10.1. The molecule has 3 aromatic heterocycles. The molecule has 4 aromatic rings. The van der Waals surface area contributed by atoms with Crippen molar-refractivity contribution in [2.24, 2.45) is 7.05 Å². The van der Waals surface area contributed by atoms with Crippen molar-refractivity contribution in [3.63, 3.8) is 0 Å². The van der Waals surface area contributed by atoms with Crippen molar-refractivity contribution < 1.29 is 4.79 Å². The van der Waals surface area contributed by atoms with Crippen molar-refractivity contribution in [2.75, 3.05) is 5.75 Å². The SMILES string of the molecule is Cc1ccc(-c2nnc(SCC(=O)c3cc(C)n(-c4nccs4)c3C)n2C)cc1. The summed E-state index contributed by atoms with van der Waals surface area (Å²) < 4.78 is 3.96. The predicted octanol–water partition coefficient (Wildman–Crippen LogP) is 4.63. The van der Waals surface area contributed by atoms with Gasteiger partial charge in [0.25, 0.3) is 0 Å². The maximum atomic E-state index is 12.9. The predicted molar refractivity (Wildman–Crippen MR) is 117 cm³/mol. The minimum atomic E-state index is 0.0748. The minimum absolute atomic E-state index is 0.0748. The molecule has 148 valence electrons. The summed E-state index contributed by atoms with van der Waals surface area (Å²) in [5, 5.41) is 12.1. The van der Waals surface area contributed by atoms with Gasteiger partial charge in [0.15, 0.2) is 21.9 Å². The van der Waals surface area contributed by atoms with Crippen LogP contribution in [0.3, 0.4) is 0 Å². The van der Waals surface area contributed by atoms with Gasteiger partial charge in [0, 0.05) is 41.1 Å². The molecule has 0 N–H and O–H groups in total. The van der Waals surface area contributed by atoms with Gasteiger partial charge in [-0.2, -0.15) is 0 Å². The number of carbonyl (C=O) groups is 1. The first-order chi connectivity index (χ1) is 14.0. The second-order valence-corrected chi connectivity index (χ2v) is 8.69. The molecule has 0 amide bonds. The Labute approximate surface area is 177 Å². The van der Waals surface area contributed by atoms with E-state index in [2.05, 4.69) is 34.2 Å². The Balaban J connectivity index is 1.51. The molecule has 29 heavy (non-hydrogen) atoms. The molecule has 3 heterocycles. The molecule has 6 nitrogen and oxygen atoms in total. The van der Waals surface area contributed by atoms with Gasteiger partial charge in [-0.3, -0.25) is 9.36 Å². The smallest absolute Gasteiger partial charge is 0.193 e. The van der Waals surface area contributed by atoms with E-state index >= 15 is 0 Å². The van der Waals surface area contributed by atoms with Crippen LogP contribution in [0, 0.1) is 20.8 Å². The fourth-order valence-corrected chi connectivity index (χ4v) is 4.81. The molecule has 8 heteroatoms. The lowest BCUT2D eigenvalue weighted by Crippen LogP contribution is -2.06. The van der Waals surface area contributed by atoms with Crippen LogP contribution in [-0.4, -0.2) is 35.9 Å². The first-order valence-corrected chi connectivity index (χ1v) is 11.0. The van der Waals surface area contributed by atoms with Crippen molar-refractivity contribution >= 4 is 28.9 Å². The number of hydrogen-bond donors (Lipinski definition) is 0. The lowest BCUT2D eigenvalue weighted by atomic mass is 10.1. The topological polar surface area (TPSA) is 65.6 Å². The average molecular weight is 424 g/mol. The number of hydrogen-bond acceptors (Lipinski definition) is 6. The summed E-state index contributed by atoms with van der Waals surface area (Å²) in [5.41, 5.74) is 4.86. The summed E-state index contributed by atoms with van der Waals surface area (Å²) in [5.74, 6) is 1.18. The van der Waals surface area contributed by atoms with Crippen molar-refractivity contribution in [3.05, 3.63) is 64.4 Å². The van der Waals surface area contributed by atoms with Crippen molar-refractivity contribution in [3.8, 4) is 16.5 Å². The normalized spacial score (nSPS) is 11.2. The third-order valence-electron chi connectivity index (χ3n) is 4.82. The monoisotopic (exact) mass is 423 g/mol. The Bertz CT molecular complexity index is 1160. The molecule has 0 aliphatic heterocycles. The number of thiazole rings is 1. The fraction of sp³-hybridized carbons (Fsp3) is 0.238. The van der Waals surface area contributed by atoms with Gasteiger partial charge in [-0.1, -0.05) is 41.6 Å². The number of Topliss-reactive ketones (excluding diaryl/α,β-unsaturated/α-hetero) is 1. The molecule has 0 unspecified atom stereocenters. The summed E-state index contributed by atoms with van der Waals surface area (Å²) in [4.78, 5) is 17.3. The number of aryl methyl sites for hydroxylation is 2. The van der Waals surface area contributed by atoms with Gasteiger partial charge in [0.05, 0.1) is 5.75 Å². The number of thioether (sulfide) groups is 1. The van der Waals surface area contributed by atoms with Gasteiger partial charge in [-0.25, -0.2) is 4.98 Å². The number of rotatable bonds is 6. The third kappa shape index (κ3) is 3.77. The molecule has 0 saturated carbocycles. The Hall–Kier alpha value is -2.71.